The second-order valence-corrected chi connectivity index (χ2v) is 3.63. The van der Waals surface area contributed by atoms with Gasteiger partial charge in [0.2, 0.25) is 0 Å². The van der Waals surface area contributed by atoms with Crippen molar-refractivity contribution in [1.82, 2.24) is 0 Å². The first kappa shape index (κ1) is 14.0. The Kier molecular flexibility index (Phi) is 7.79. The largest absolute Gasteiger partial charge is 0.377 e. The molecule has 0 bridgehead atoms. The topological polar surface area (TPSA) is 3.24 Å². The summed E-state index contributed by atoms with van der Waals surface area (Å²) in [5.74, 6) is 0. The quantitative estimate of drug-likeness (QED) is 0.718. The average Bonchev–Trinajstić information content (AvgIpc) is 2.29. The summed E-state index contributed by atoms with van der Waals surface area (Å²) in [6.45, 7) is 6.23. The van der Waals surface area contributed by atoms with Crippen LogP contribution in [0.2, 0.25) is 0 Å². The van der Waals surface area contributed by atoms with Crippen molar-refractivity contribution in [3.05, 3.63) is 29.8 Å². The maximum absolute atomic E-state index is 2.23. The maximum Gasteiger partial charge on any atom is 0.0393 e. The molecule has 1 rings (SSSR count). The van der Waals surface area contributed by atoms with Crippen LogP contribution in [0.25, 0.3) is 0 Å². The van der Waals surface area contributed by atoms with Crippen molar-refractivity contribution in [2.45, 2.75) is 40.0 Å². The average molecular weight is 207 g/mol. The molecule has 0 heterocycles. The van der Waals surface area contributed by atoms with Crippen molar-refractivity contribution < 1.29 is 0 Å². The first-order valence-corrected chi connectivity index (χ1v) is 6.01. The molecule has 1 heteroatoms. The summed E-state index contributed by atoms with van der Waals surface area (Å²) in [7, 11) is 4.20. The molecule has 0 atom stereocenters. The molecule has 0 fully saturated rings. The Morgan fingerprint density at radius 3 is 2.20 bits per heavy atom. The van der Waals surface area contributed by atoms with E-state index in [9.17, 15) is 0 Å². The molecule has 86 valence electrons. The van der Waals surface area contributed by atoms with E-state index in [4.69, 9.17) is 0 Å². The molecule has 0 saturated carbocycles. The number of hydrogen-bond donors (Lipinski definition) is 0. The van der Waals surface area contributed by atoms with E-state index in [-0.39, 0.29) is 0 Å². The molecule has 0 saturated heterocycles. The summed E-state index contributed by atoms with van der Waals surface area (Å²) in [5.41, 5.74) is 2.82. The van der Waals surface area contributed by atoms with Crippen LogP contribution in [0.15, 0.2) is 24.3 Å². The van der Waals surface area contributed by atoms with Crippen LogP contribution in [0, 0.1) is 0 Å². The highest BCUT2D eigenvalue weighted by Crippen LogP contribution is 2.19. The van der Waals surface area contributed by atoms with Crippen LogP contribution in [0.1, 0.15) is 39.2 Å². The van der Waals surface area contributed by atoms with Gasteiger partial charge < -0.3 is 4.90 Å². The van der Waals surface area contributed by atoms with Crippen LogP contribution in [-0.4, -0.2) is 14.1 Å². The summed E-state index contributed by atoms with van der Waals surface area (Å²) in [6, 6.07) is 8.64. The van der Waals surface area contributed by atoms with Gasteiger partial charge in [-0.2, -0.15) is 0 Å². The zero-order valence-corrected chi connectivity index (χ0v) is 10.9. The van der Waals surface area contributed by atoms with Crippen LogP contribution in [0.5, 0.6) is 0 Å². The fourth-order valence-corrected chi connectivity index (χ4v) is 1.53. The summed E-state index contributed by atoms with van der Waals surface area (Å²) in [4.78, 5) is 2.19. The lowest BCUT2D eigenvalue weighted by Crippen LogP contribution is -2.11. The number of benzene rings is 1. The molecule has 1 aromatic rings. The normalized spacial score (nSPS) is 9.13. The van der Waals surface area contributed by atoms with Crippen molar-refractivity contribution in [2.24, 2.45) is 0 Å². The van der Waals surface area contributed by atoms with Crippen LogP contribution < -0.4 is 4.90 Å². The molecule has 15 heavy (non-hydrogen) atoms. The van der Waals surface area contributed by atoms with E-state index in [1.165, 1.54) is 30.5 Å². The Balaban J connectivity index is 0.000000921. The Bertz CT molecular complexity index is 253. The molecule has 0 aromatic heterocycles. The first-order valence-electron chi connectivity index (χ1n) is 6.01. The third-order valence-electron chi connectivity index (χ3n) is 2.27. The highest BCUT2D eigenvalue weighted by molar-refractivity contribution is 5.52. The number of hydrogen-bond acceptors (Lipinski definition) is 1. The lowest BCUT2D eigenvalue weighted by molar-refractivity contribution is 0.793. The second kappa shape index (κ2) is 8.34. The zero-order valence-electron chi connectivity index (χ0n) is 10.9. The maximum atomic E-state index is 2.23. The Morgan fingerprint density at radius 1 is 1.07 bits per heavy atom. The van der Waals surface area contributed by atoms with E-state index in [0.29, 0.717) is 0 Å². The van der Waals surface area contributed by atoms with Gasteiger partial charge >= 0.3 is 0 Å². The van der Waals surface area contributed by atoms with Crippen molar-refractivity contribution >= 4 is 5.69 Å². The van der Waals surface area contributed by atoms with Gasteiger partial charge in [-0.1, -0.05) is 45.4 Å². The highest BCUT2D eigenvalue weighted by Gasteiger charge is 2.01. The molecule has 0 aliphatic heterocycles. The van der Waals surface area contributed by atoms with Gasteiger partial charge in [0.05, 0.1) is 0 Å². The number of nitrogens with zero attached hydrogens (tertiary/aromatic N) is 1. The van der Waals surface area contributed by atoms with Crippen LogP contribution in [0.3, 0.4) is 0 Å². The van der Waals surface area contributed by atoms with Gasteiger partial charge in [0, 0.05) is 19.8 Å². The molecule has 0 N–H and O–H groups in total. The summed E-state index contributed by atoms with van der Waals surface area (Å²) in [5, 5.41) is 0. The van der Waals surface area contributed by atoms with Crippen molar-refractivity contribution in [3.63, 3.8) is 0 Å². The standard InChI is InChI=1S/C12H19N.C2H6/c1-4-5-8-11-9-6-7-10-12(11)13(2)3;1-2/h6-7,9-10H,4-5,8H2,1-3H3;1-2H3. The van der Waals surface area contributed by atoms with Gasteiger partial charge in [-0.3, -0.25) is 0 Å². The monoisotopic (exact) mass is 207 g/mol. The molecular weight excluding hydrogens is 182 g/mol. The van der Waals surface area contributed by atoms with E-state index >= 15 is 0 Å². The number of anilines is 1. The number of aryl methyl sites for hydroxylation is 1. The lowest BCUT2D eigenvalue weighted by Gasteiger charge is -2.16. The minimum atomic E-state index is 1.20. The van der Waals surface area contributed by atoms with Crippen molar-refractivity contribution in [1.29, 1.82) is 0 Å². The molecule has 0 unspecified atom stereocenters. The molecular formula is C14H25N. The van der Waals surface area contributed by atoms with Gasteiger partial charge in [-0.05, 0) is 24.5 Å². The molecule has 0 aliphatic carbocycles. The van der Waals surface area contributed by atoms with Crippen molar-refractivity contribution in [2.75, 3.05) is 19.0 Å². The third kappa shape index (κ3) is 4.87. The second-order valence-electron chi connectivity index (χ2n) is 3.63. The zero-order chi connectivity index (χ0) is 11.7. The van der Waals surface area contributed by atoms with Crippen molar-refractivity contribution in [3.8, 4) is 0 Å². The van der Waals surface area contributed by atoms with E-state index in [2.05, 4.69) is 50.2 Å². The summed E-state index contributed by atoms with van der Waals surface area (Å²) in [6.07, 6.45) is 3.75. The molecule has 1 aromatic carbocycles. The predicted molar refractivity (Wildman–Crippen MR) is 70.7 cm³/mol. The third-order valence-corrected chi connectivity index (χ3v) is 2.27. The number of para-hydroxylation sites is 1. The fourth-order valence-electron chi connectivity index (χ4n) is 1.53. The molecule has 1 nitrogen and oxygen atoms in total. The van der Waals surface area contributed by atoms with E-state index < -0.39 is 0 Å². The highest BCUT2D eigenvalue weighted by atomic mass is 15.1. The summed E-state index contributed by atoms with van der Waals surface area (Å²) >= 11 is 0. The number of unbranched alkanes of at least 4 members (excludes halogenated alkanes) is 1. The fraction of sp³-hybridized carbons (Fsp3) is 0.571. The smallest absolute Gasteiger partial charge is 0.0393 e. The van der Waals surface area contributed by atoms with Gasteiger partial charge in [0.1, 0.15) is 0 Å². The minimum Gasteiger partial charge on any atom is -0.377 e. The first-order chi connectivity index (χ1) is 7.25. The van der Waals surface area contributed by atoms with Gasteiger partial charge in [-0.15, -0.1) is 0 Å². The SMILES string of the molecule is CC.CCCCc1ccccc1N(C)C. The van der Waals surface area contributed by atoms with Gasteiger partial charge in [0.25, 0.3) is 0 Å². The molecule has 0 radical (unpaired) electrons. The van der Waals surface area contributed by atoms with E-state index in [0.717, 1.165) is 0 Å². The molecule has 0 aliphatic rings. The lowest BCUT2D eigenvalue weighted by atomic mass is 10.1. The Hall–Kier alpha value is -0.980. The Morgan fingerprint density at radius 2 is 1.67 bits per heavy atom. The predicted octanol–water partition coefficient (Wildman–Crippen LogP) is 4.12. The van der Waals surface area contributed by atoms with E-state index in [1.807, 2.05) is 13.8 Å². The molecule has 0 spiro atoms. The van der Waals surface area contributed by atoms with Gasteiger partial charge in [0.15, 0.2) is 0 Å². The van der Waals surface area contributed by atoms with Crippen LogP contribution in [-0.2, 0) is 6.42 Å². The van der Waals surface area contributed by atoms with Gasteiger partial charge in [-0.25, -0.2) is 0 Å². The van der Waals surface area contributed by atoms with E-state index in [1.54, 1.807) is 0 Å². The van der Waals surface area contributed by atoms with Crippen LogP contribution in [0.4, 0.5) is 5.69 Å². The molecule has 0 amide bonds. The number of rotatable bonds is 4. The summed E-state index contributed by atoms with van der Waals surface area (Å²) < 4.78 is 0. The Labute approximate surface area is 95.1 Å². The van der Waals surface area contributed by atoms with Crippen LogP contribution >= 0.6 is 0 Å². The minimum absolute atomic E-state index is 1.20.